The quantitative estimate of drug-likeness (QED) is 0.262. The summed E-state index contributed by atoms with van der Waals surface area (Å²) in [6.07, 6.45) is 11.5. The average molecular weight is 767 g/mol. The molecule has 1 aromatic carbocycles. The maximum absolute atomic E-state index is 5.73. The molecule has 0 atom stereocenters. The first-order valence-electron chi connectivity index (χ1n) is 8.46. The number of nitrogens with zero attached hydrogens (tertiary/aromatic N) is 3. The molecule has 3 rings (SSSR count). The van der Waals surface area contributed by atoms with Crippen LogP contribution in [0.5, 0.6) is 0 Å². The van der Waals surface area contributed by atoms with Crippen LogP contribution in [0.1, 0.15) is 37.7 Å². The van der Waals surface area contributed by atoms with E-state index in [-0.39, 0.29) is 0 Å². The molecule has 1 fully saturated rings. The van der Waals surface area contributed by atoms with Crippen LogP contribution >= 0.6 is 57.3 Å². The van der Waals surface area contributed by atoms with Crippen LogP contribution in [0.15, 0.2) is 36.7 Å². The summed E-state index contributed by atoms with van der Waals surface area (Å²) in [4.78, 5) is 0. The Morgan fingerprint density at radius 3 is 2.28 bits per heavy atom. The second kappa shape index (κ2) is 11.6. The summed E-state index contributed by atoms with van der Waals surface area (Å²) in [7, 11) is 2.11. The minimum atomic E-state index is 0.794. The van der Waals surface area contributed by atoms with Crippen LogP contribution in [-0.4, -0.2) is 10.5 Å². The van der Waals surface area contributed by atoms with Crippen molar-refractivity contribution in [3.63, 3.8) is 0 Å². The third-order valence-corrected chi connectivity index (χ3v) is 6.74. The summed E-state index contributed by atoms with van der Waals surface area (Å²) >= 11 is 12.6. The van der Waals surface area contributed by atoms with E-state index >= 15 is 0 Å². The van der Waals surface area contributed by atoms with Crippen LogP contribution in [0.2, 0.25) is 5.02 Å². The Kier molecular flexibility index (Phi) is 10.3. The zero-order chi connectivity index (χ0) is 18.2. The Morgan fingerprint density at radius 1 is 1.12 bits per heavy atom. The molecule has 7 heteroatoms. The van der Waals surface area contributed by atoms with E-state index < -0.39 is 0 Å². The molecular weight excluding hydrogens is 743 g/mol. The zero-order valence-corrected chi connectivity index (χ0v) is 21.6. The fraction of sp³-hybridized carbons (Fsp3) is 0.500. The second-order valence-corrected chi connectivity index (χ2v) is 12.0. The van der Waals surface area contributed by atoms with E-state index in [1.807, 2.05) is 24.3 Å². The van der Waals surface area contributed by atoms with Crippen LogP contribution in [0.3, 0.4) is 0 Å². The molecule has 0 unspecified atom stereocenters. The van der Waals surface area contributed by atoms with Crippen molar-refractivity contribution in [1.82, 2.24) is 10.5 Å². The molecule has 0 saturated heterocycles. The maximum atomic E-state index is 5.73. The fourth-order valence-corrected chi connectivity index (χ4v) is 4.46. The Morgan fingerprint density at radius 2 is 1.76 bits per heavy atom. The summed E-state index contributed by atoms with van der Waals surface area (Å²) in [5.74, 6) is 0.921. The molecule has 0 aliphatic heterocycles. The van der Waals surface area contributed by atoms with E-state index in [0.717, 1.165) is 17.5 Å². The van der Waals surface area contributed by atoms with E-state index in [2.05, 4.69) is 95.0 Å². The number of hydrogen-bond acceptors (Lipinski definition) is 1. The second-order valence-electron chi connectivity index (χ2n) is 6.39. The molecule has 25 heavy (non-hydrogen) atoms. The van der Waals surface area contributed by atoms with Crippen molar-refractivity contribution < 1.29 is 19.4 Å². The van der Waals surface area contributed by atoms with Gasteiger partial charge in [-0.05, 0) is 17.7 Å². The predicted octanol–water partition coefficient (Wildman–Crippen LogP) is 6.33. The van der Waals surface area contributed by atoms with E-state index in [1.165, 1.54) is 48.0 Å². The molecule has 1 saturated carbocycles. The van der Waals surface area contributed by atoms with Gasteiger partial charge in [-0.3, -0.25) is 0 Å². The summed E-state index contributed by atoms with van der Waals surface area (Å²) < 4.78 is 7.98. The molecule has 0 N–H and O–H groups in total. The van der Waals surface area contributed by atoms with Crippen LogP contribution in [0.25, 0.3) is 0 Å². The van der Waals surface area contributed by atoms with Crippen molar-refractivity contribution in [2.75, 3.05) is 0 Å². The number of rotatable bonds is 4. The standard InChI is InChI=1S/C11H18N2.C7H6ClI2N.Pt/c1-12-7-8-13(10-12)9-11-5-3-2-4-6-11;8-7-3-1-6(2-4-7)5-11(9)10;/h7-8,11H,2-6,9H2,1H3;1-4H,5H2;. The molecule has 1 aliphatic rings. The Balaban J connectivity index is 0.000000186. The third kappa shape index (κ3) is 8.16. The first-order chi connectivity index (χ1) is 12.0. The van der Waals surface area contributed by atoms with Gasteiger partial charge in [-0.15, -0.1) is 0 Å². The van der Waals surface area contributed by atoms with Crippen molar-refractivity contribution in [2.24, 2.45) is 13.0 Å². The van der Waals surface area contributed by atoms with Crippen molar-refractivity contribution in [3.8, 4) is 0 Å². The van der Waals surface area contributed by atoms with Gasteiger partial charge in [0, 0.05) is 57.3 Å². The van der Waals surface area contributed by atoms with Gasteiger partial charge in [0.1, 0.15) is 0 Å². The molecular formula is C18H24ClI2N3Pt. The van der Waals surface area contributed by atoms with Gasteiger partial charge in [0.15, 0.2) is 0 Å². The molecule has 1 aliphatic carbocycles. The average Bonchev–Trinajstić information content (AvgIpc) is 2.90. The van der Waals surface area contributed by atoms with Gasteiger partial charge in [0.25, 0.3) is 0 Å². The van der Waals surface area contributed by atoms with Crippen molar-refractivity contribution in [3.05, 3.63) is 51.0 Å². The first-order valence-corrected chi connectivity index (χ1v) is 11.9. The zero-order valence-electron chi connectivity index (χ0n) is 14.3. The minimum absolute atomic E-state index is 0.794. The normalized spacial score (nSPS) is 15.2. The van der Waals surface area contributed by atoms with Gasteiger partial charge in [0.2, 0.25) is 0 Å². The van der Waals surface area contributed by atoms with Crippen molar-refractivity contribution in [1.29, 1.82) is 0 Å². The number of hydrogen-bond donors (Lipinski definition) is 0. The number of aromatic nitrogens is 2. The van der Waals surface area contributed by atoms with Gasteiger partial charge in [-0.25, -0.2) is 0 Å². The Bertz CT molecular complexity index is 691. The van der Waals surface area contributed by atoms with Gasteiger partial charge in [-0.2, -0.15) is 1.33 Å². The number of imidazole rings is 1. The summed E-state index contributed by atoms with van der Waals surface area (Å²) in [6, 6.07) is 7.89. The topological polar surface area (TPSA) is 13.1 Å². The van der Waals surface area contributed by atoms with Gasteiger partial charge >= 0.3 is 96.3 Å². The number of aryl methyl sites for hydroxylation is 1. The molecule has 1 heterocycles. The van der Waals surface area contributed by atoms with E-state index in [1.54, 1.807) is 0 Å². The van der Waals surface area contributed by atoms with Crippen LogP contribution < -0.4 is 0 Å². The molecule has 0 bridgehead atoms. The van der Waals surface area contributed by atoms with Gasteiger partial charge in [0.05, 0.1) is 0 Å². The number of halogens is 3. The fourth-order valence-electron chi connectivity index (χ4n) is 3.00. The third-order valence-electron chi connectivity index (χ3n) is 4.35. The molecule has 2 aromatic rings. The number of benzene rings is 1. The van der Waals surface area contributed by atoms with Crippen molar-refractivity contribution in [2.45, 2.75) is 45.2 Å². The summed E-state index contributed by atoms with van der Waals surface area (Å²) in [5, 5.41) is 0.794. The SMILES string of the molecule is Clc1ccc(CN(I)I)cc1.Cn1ccn(CC2CCCCC2)[c]1=[Pt]. The first kappa shape index (κ1) is 22.1. The van der Waals surface area contributed by atoms with Gasteiger partial charge in [-0.1, -0.05) is 23.7 Å². The van der Waals surface area contributed by atoms with E-state index in [0.29, 0.717) is 0 Å². The summed E-state index contributed by atoms with van der Waals surface area (Å²) in [5.41, 5.74) is 1.28. The Labute approximate surface area is 194 Å². The Hall–Kier alpha value is 0.828. The predicted molar refractivity (Wildman–Crippen MR) is 118 cm³/mol. The molecule has 0 radical (unpaired) electrons. The van der Waals surface area contributed by atoms with E-state index in [4.69, 9.17) is 11.6 Å². The van der Waals surface area contributed by atoms with Gasteiger partial charge < -0.3 is 0 Å². The molecule has 0 amide bonds. The monoisotopic (exact) mass is 766 g/mol. The molecule has 142 valence electrons. The van der Waals surface area contributed by atoms with Crippen LogP contribution in [0, 0.1) is 9.72 Å². The van der Waals surface area contributed by atoms with E-state index in [9.17, 15) is 0 Å². The summed E-state index contributed by atoms with van der Waals surface area (Å²) in [6.45, 7) is 2.16. The van der Waals surface area contributed by atoms with Crippen LogP contribution in [-0.2, 0) is 39.5 Å². The van der Waals surface area contributed by atoms with Crippen LogP contribution in [0.4, 0.5) is 0 Å². The molecule has 3 nitrogen and oxygen atoms in total. The molecule has 0 spiro atoms. The molecule has 1 aromatic heterocycles. The van der Waals surface area contributed by atoms with Crippen molar-refractivity contribution >= 4 is 57.3 Å².